The summed E-state index contributed by atoms with van der Waals surface area (Å²) in [4.78, 5) is 0. The minimum absolute atomic E-state index is 0.154. The van der Waals surface area contributed by atoms with Gasteiger partial charge in [0.25, 0.3) is 0 Å². The van der Waals surface area contributed by atoms with E-state index in [1.807, 2.05) is 24.3 Å². The predicted octanol–water partition coefficient (Wildman–Crippen LogP) is 6.97. The molecule has 4 aromatic rings. The quantitative estimate of drug-likeness (QED) is 0.384. The van der Waals surface area contributed by atoms with Crippen LogP contribution in [0.2, 0.25) is 0 Å². The third-order valence-corrected chi connectivity index (χ3v) is 7.19. The first-order valence-corrected chi connectivity index (χ1v) is 10.8. The highest BCUT2D eigenvalue weighted by molar-refractivity contribution is 5.82. The maximum absolute atomic E-state index is 9.87. The van der Waals surface area contributed by atoms with Gasteiger partial charge in [-0.1, -0.05) is 86.6 Å². The van der Waals surface area contributed by atoms with Gasteiger partial charge in [0.15, 0.2) is 0 Å². The highest BCUT2D eigenvalue weighted by Gasteiger charge is 2.51. The molecule has 0 spiro atoms. The van der Waals surface area contributed by atoms with Crippen LogP contribution in [0.15, 0.2) is 97.1 Å². The molecule has 0 saturated carbocycles. The molecule has 0 saturated heterocycles. The maximum atomic E-state index is 9.87. The number of fused-ring (bicyclic) bond motifs is 3. The van der Waals surface area contributed by atoms with Crippen LogP contribution in [0.4, 0.5) is 0 Å². The standard InChI is InChI=1S/C29H26O2/c1-19(21-11-15-23(30)16-12-21)29(20(2)22-13-17-24(31)18-14-22)27-9-5-3-7-25(27)26-8-4-6-10-28(26)29/h3-20,30-31H,1-2H3. The molecule has 2 atom stereocenters. The average Bonchev–Trinajstić information content (AvgIpc) is 3.11. The zero-order valence-electron chi connectivity index (χ0n) is 17.8. The molecule has 154 valence electrons. The van der Waals surface area contributed by atoms with Gasteiger partial charge in [0.2, 0.25) is 0 Å². The normalized spacial score (nSPS) is 15.7. The van der Waals surface area contributed by atoms with Gasteiger partial charge in [0.1, 0.15) is 11.5 Å². The summed E-state index contributed by atoms with van der Waals surface area (Å²) in [6.07, 6.45) is 0. The van der Waals surface area contributed by atoms with E-state index in [1.54, 1.807) is 24.3 Å². The van der Waals surface area contributed by atoms with Crippen molar-refractivity contribution in [1.82, 2.24) is 0 Å². The van der Waals surface area contributed by atoms with Gasteiger partial charge < -0.3 is 10.2 Å². The molecule has 2 unspecified atom stereocenters. The molecule has 0 radical (unpaired) electrons. The van der Waals surface area contributed by atoms with Crippen LogP contribution >= 0.6 is 0 Å². The van der Waals surface area contributed by atoms with Crippen molar-refractivity contribution >= 4 is 0 Å². The fraction of sp³-hybridized carbons (Fsp3) is 0.172. The largest absolute Gasteiger partial charge is 0.508 e. The molecular weight excluding hydrogens is 380 g/mol. The molecule has 0 aliphatic heterocycles. The van der Waals surface area contributed by atoms with Gasteiger partial charge in [-0.3, -0.25) is 0 Å². The van der Waals surface area contributed by atoms with Gasteiger partial charge in [0.05, 0.1) is 0 Å². The number of hydrogen-bond acceptors (Lipinski definition) is 2. The molecule has 0 amide bonds. The van der Waals surface area contributed by atoms with E-state index >= 15 is 0 Å². The average molecular weight is 407 g/mol. The number of benzene rings is 4. The molecule has 31 heavy (non-hydrogen) atoms. The summed E-state index contributed by atoms with van der Waals surface area (Å²) >= 11 is 0. The molecule has 0 aromatic heterocycles. The van der Waals surface area contributed by atoms with Gasteiger partial charge in [-0.2, -0.15) is 0 Å². The maximum Gasteiger partial charge on any atom is 0.115 e. The molecule has 2 nitrogen and oxygen atoms in total. The molecule has 2 heteroatoms. The molecule has 1 aliphatic carbocycles. The highest BCUT2D eigenvalue weighted by Crippen LogP contribution is 2.61. The van der Waals surface area contributed by atoms with Crippen molar-refractivity contribution in [2.24, 2.45) is 0 Å². The Morgan fingerprint density at radius 2 is 0.871 bits per heavy atom. The van der Waals surface area contributed by atoms with E-state index in [1.165, 1.54) is 33.4 Å². The van der Waals surface area contributed by atoms with Crippen molar-refractivity contribution in [2.75, 3.05) is 0 Å². The summed E-state index contributed by atoms with van der Waals surface area (Å²) in [5.74, 6) is 0.871. The Morgan fingerprint density at radius 3 is 1.26 bits per heavy atom. The van der Waals surface area contributed by atoms with Gasteiger partial charge >= 0.3 is 0 Å². The summed E-state index contributed by atoms with van der Waals surface area (Å²) in [6.45, 7) is 4.59. The van der Waals surface area contributed by atoms with Crippen molar-refractivity contribution in [3.63, 3.8) is 0 Å². The number of aromatic hydroxyl groups is 2. The second kappa shape index (κ2) is 7.31. The Morgan fingerprint density at radius 1 is 0.516 bits per heavy atom. The van der Waals surface area contributed by atoms with Crippen molar-refractivity contribution in [3.05, 3.63) is 119 Å². The lowest BCUT2D eigenvalue weighted by molar-refractivity contribution is 0.374. The molecule has 1 aliphatic rings. The Labute approximate surface area is 183 Å². The second-order valence-corrected chi connectivity index (χ2v) is 8.59. The molecule has 0 heterocycles. The number of rotatable bonds is 4. The van der Waals surface area contributed by atoms with Crippen LogP contribution in [0.3, 0.4) is 0 Å². The molecule has 5 rings (SSSR count). The molecule has 4 aromatic carbocycles. The zero-order chi connectivity index (χ0) is 21.6. The van der Waals surface area contributed by atoms with Crippen molar-refractivity contribution in [3.8, 4) is 22.6 Å². The first-order chi connectivity index (χ1) is 15.0. The van der Waals surface area contributed by atoms with E-state index in [-0.39, 0.29) is 28.7 Å². The fourth-order valence-corrected chi connectivity index (χ4v) is 5.66. The van der Waals surface area contributed by atoms with Crippen LogP contribution in [0.25, 0.3) is 11.1 Å². The van der Waals surface area contributed by atoms with Gasteiger partial charge in [0, 0.05) is 5.41 Å². The first kappa shape index (κ1) is 19.4. The van der Waals surface area contributed by atoms with Crippen LogP contribution in [-0.4, -0.2) is 10.2 Å². The Balaban J connectivity index is 1.82. The minimum atomic E-state index is -0.291. The smallest absolute Gasteiger partial charge is 0.115 e. The summed E-state index contributed by atoms with van der Waals surface area (Å²) in [7, 11) is 0. The lowest BCUT2D eigenvalue weighted by Crippen LogP contribution is -2.37. The van der Waals surface area contributed by atoms with E-state index < -0.39 is 0 Å². The third kappa shape index (κ3) is 2.86. The highest BCUT2D eigenvalue weighted by atomic mass is 16.3. The van der Waals surface area contributed by atoms with Crippen LogP contribution in [-0.2, 0) is 5.41 Å². The third-order valence-electron chi connectivity index (χ3n) is 7.19. The minimum Gasteiger partial charge on any atom is -0.508 e. The molecule has 0 fully saturated rings. The number of hydrogen-bond donors (Lipinski definition) is 2. The van der Waals surface area contributed by atoms with Crippen LogP contribution < -0.4 is 0 Å². The van der Waals surface area contributed by atoms with Crippen LogP contribution in [0.5, 0.6) is 11.5 Å². The van der Waals surface area contributed by atoms with E-state index in [0.717, 1.165) is 0 Å². The monoisotopic (exact) mass is 406 g/mol. The molecule has 2 N–H and O–H groups in total. The Hall–Kier alpha value is -3.52. The van der Waals surface area contributed by atoms with E-state index in [4.69, 9.17) is 0 Å². The van der Waals surface area contributed by atoms with Crippen molar-refractivity contribution in [1.29, 1.82) is 0 Å². The summed E-state index contributed by atoms with van der Waals surface area (Å²) in [6, 6.07) is 32.7. The zero-order valence-corrected chi connectivity index (χ0v) is 17.8. The van der Waals surface area contributed by atoms with E-state index in [0.29, 0.717) is 0 Å². The van der Waals surface area contributed by atoms with Crippen LogP contribution in [0.1, 0.15) is 47.9 Å². The van der Waals surface area contributed by atoms with E-state index in [9.17, 15) is 10.2 Å². The summed E-state index contributed by atoms with van der Waals surface area (Å²) < 4.78 is 0. The summed E-state index contributed by atoms with van der Waals surface area (Å²) in [5, 5.41) is 19.7. The first-order valence-electron chi connectivity index (χ1n) is 10.8. The molecule has 0 bridgehead atoms. The second-order valence-electron chi connectivity index (χ2n) is 8.59. The van der Waals surface area contributed by atoms with Crippen molar-refractivity contribution < 1.29 is 10.2 Å². The Kier molecular flexibility index (Phi) is 4.59. The SMILES string of the molecule is CC(c1ccc(O)cc1)C1(C(C)c2ccc(O)cc2)c2ccccc2-c2ccccc21. The fourth-order valence-electron chi connectivity index (χ4n) is 5.66. The van der Waals surface area contributed by atoms with Gasteiger partial charge in [-0.15, -0.1) is 0 Å². The number of phenols is 2. The lowest BCUT2D eigenvalue weighted by atomic mass is 9.58. The predicted molar refractivity (Wildman–Crippen MR) is 126 cm³/mol. The van der Waals surface area contributed by atoms with E-state index in [2.05, 4.69) is 62.4 Å². The number of phenolic OH excluding ortho intramolecular Hbond substituents is 2. The van der Waals surface area contributed by atoms with Crippen LogP contribution in [0, 0.1) is 0 Å². The Bertz CT molecular complexity index is 1120. The van der Waals surface area contributed by atoms with Gasteiger partial charge in [-0.05, 0) is 69.5 Å². The lowest BCUT2D eigenvalue weighted by Gasteiger charge is -2.44. The van der Waals surface area contributed by atoms with Crippen molar-refractivity contribution in [2.45, 2.75) is 31.1 Å². The van der Waals surface area contributed by atoms with Gasteiger partial charge in [-0.25, -0.2) is 0 Å². The summed E-state index contributed by atoms with van der Waals surface area (Å²) in [5.41, 5.74) is 7.32. The molecular formula is C29H26O2. The topological polar surface area (TPSA) is 40.5 Å².